The van der Waals surface area contributed by atoms with Crippen molar-refractivity contribution in [1.29, 1.82) is 0 Å². The molecule has 2 aromatic carbocycles. The second-order valence-electron chi connectivity index (χ2n) is 7.87. The van der Waals surface area contributed by atoms with E-state index in [1.54, 1.807) is 11.9 Å². The molecule has 0 amide bonds. The van der Waals surface area contributed by atoms with E-state index in [0.29, 0.717) is 6.04 Å². The van der Waals surface area contributed by atoms with Gasteiger partial charge < -0.3 is 4.90 Å². The number of benzene rings is 2. The molecule has 156 valence electrons. The fourth-order valence-corrected chi connectivity index (χ4v) is 4.78. The zero-order valence-electron chi connectivity index (χ0n) is 17.4. The van der Waals surface area contributed by atoms with Crippen LogP contribution in [0.1, 0.15) is 12.0 Å². The van der Waals surface area contributed by atoms with Gasteiger partial charge >= 0.3 is 0 Å². The molecule has 31 heavy (non-hydrogen) atoms. The summed E-state index contributed by atoms with van der Waals surface area (Å²) in [5.41, 5.74) is 3.72. The molecule has 0 bridgehead atoms. The third-order valence-electron chi connectivity index (χ3n) is 5.53. The van der Waals surface area contributed by atoms with E-state index in [2.05, 4.69) is 101 Å². The van der Waals surface area contributed by atoms with Crippen LogP contribution in [0.15, 0.2) is 108 Å². The van der Waals surface area contributed by atoms with Crippen LogP contribution in [0, 0.1) is 0 Å². The predicted octanol–water partition coefficient (Wildman–Crippen LogP) is 5.34. The number of rotatable bonds is 6. The van der Waals surface area contributed by atoms with Gasteiger partial charge in [-0.25, -0.2) is 4.68 Å². The lowest BCUT2D eigenvalue weighted by atomic mass is 10.0. The lowest BCUT2D eigenvalue weighted by Crippen LogP contribution is -2.44. The molecule has 2 heterocycles. The van der Waals surface area contributed by atoms with Crippen molar-refractivity contribution in [2.45, 2.75) is 23.8 Å². The molecule has 0 fully saturated rings. The van der Waals surface area contributed by atoms with Crippen LogP contribution in [0.2, 0.25) is 0 Å². The van der Waals surface area contributed by atoms with Gasteiger partial charge in [-0.3, -0.25) is 4.72 Å². The molecule has 1 aliphatic heterocycles. The number of aromatic nitrogens is 2. The number of anilines is 1. The molecule has 1 N–H and O–H groups in total. The van der Waals surface area contributed by atoms with Gasteiger partial charge in [0.25, 0.3) is 0 Å². The number of hydrogen-bond donors (Lipinski definition) is 1. The second-order valence-corrected chi connectivity index (χ2v) is 8.79. The number of hydrogen-bond acceptors (Lipinski definition) is 4. The highest BCUT2D eigenvalue weighted by Gasteiger charge is 2.28. The fraction of sp³-hybridized carbons (Fsp3) is 0.192. The van der Waals surface area contributed by atoms with Crippen molar-refractivity contribution >= 4 is 17.8 Å². The van der Waals surface area contributed by atoms with Crippen LogP contribution in [-0.4, -0.2) is 28.9 Å². The van der Waals surface area contributed by atoms with Crippen molar-refractivity contribution in [1.82, 2.24) is 14.5 Å². The maximum Gasteiger partial charge on any atom is 0.154 e. The van der Waals surface area contributed by atoms with Gasteiger partial charge in [0.2, 0.25) is 0 Å². The van der Waals surface area contributed by atoms with Crippen molar-refractivity contribution in [3.63, 3.8) is 0 Å². The van der Waals surface area contributed by atoms with E-state index in [1.807, 2.05) is 10.7 Å². The minimum Gasteiger partial charge on any atom is -0.349 e. The van der Waals surface area contributed by atoms with E-state index in [0.717, 1.165) is 37.4 Å². The van der Waals surface area contributed by atoms with Crippen LogP contribution in [0.3, 0.4) is 0 Å². The van der Waals surface area contributed by atoms with Crippen LogP contribution >= 0.6 is 11.9 Å². The summed E-state index contributed by atoms with van der Waals surface area (Å²) in [6.07, 6.45) is 15.1. The Labute approximate surface area is 188 Å². The topological polar surface area (TPSA) is 33.1 Å². The maximum atomic E-state index is 4.99. The summed E-state index contributed by atoms with van der Waals surface area (Å²) in [5.74, 6) is 1.10. The van der Waals surface area contributed by atoms with Crippen molar-refractivity contribution in [2.75, 3.05) is 18.0 Å². The first-order valence-electron chi connectivity index (χ1n) is 10.7. The lowest BCUT2D eigenvalue weighted by molar-refractivity contribution is 0.579. The first kappa shape index (κ1) is 19.9. The number of nitrogens with zero attached hydrogens (tertiary/aromatic N) is 3. The molecule has 5 rings (SSSR count). The Morgan fingerprint density at radius 2 is 1.81 bits per heavy atom. The van der Waals surface area contributed by atoms with Crippen LogP contribution in [0.25, 0.3) is 5.69 Å². The molecule has 2 aliphatic rings. The highest BCUT2D eigenvalue weighted by atomic mass is 32.2. The van der Waals surface area contributed by atoms with Crippen LogP contribution in [0.4, 0.5) is 5.82 Å². The predicted molar refractivity (Wildman–Crippen MR) is 130 cm³/mol. The molecule has 1 aliphatic carbocycles. The average Bonchev–Trinajstić information content (AvgIpc) is 3.09. The maximum absolute atomic E-state index is 4.99. The second kappa shape index (κ2) is 9.41. The highest BCUT2D eigenvalue weighted by Crippen LogP contribution is 2.29. The summed E-state index contributed by atoms with van der Waals surface area (Å²) in [5, 5.41) is 4.99. The Morgan fingerprint density at radius 3 is 2.65 bits per heavy atom. The number of para-hydroxylation sites is 1. The SMILES string of the molecule is C1=CCC=C(CN2CC(NSc3ccccc3)Cc3cn(-c4ccccc4)nc32)C=C1. The lowest BCUT2D eigenvalue weighted by Gasteiger charge is -2.33. The summed E-state index contributed by atoms with van der Waals surface area (Å²) in [6, 6.07) is 21.2. The van der Waals surface area contributed by atoms with Gasteiger partial charge in [-0.2, -0.15) is 0 Å². The van der Waals surface area contributed by atoms with E-state index in [4.69, 9.17) is 5.10 Å². The van der Waals surface area contributed by atoms with E-state index in [-0.39, 0.29) is 0 Å². The first-order chi connectivity index (χ1) is 15.3. The van der Waals surface area contributed by atoms with E-state index in [1.165, 1.54) is 16.0 Å². The van der Waals surface area contributed by atoms with Gasteiger partial charge in [0.1, 0.15) is 0 Å². The average molecular weight is 427 g/mol. The minimum atomic E-state index is 0.347. The van der Waals surface area contributed by atoms with Crippen LogP contribution < -0.4 is 9.62 Å². The zero-order chi connectivity index (χ0) is 20.9. The number of fused-ring (bicyclic) bond motifs is 1. The summed E-state index contributed by atoms with van der Waals surface area (Å²) in [7, 11) is 0. The smallest absolute Gasteiger partial charge is 0.154 e. The standard InChI is InChI=1S/C26H26N4S/c1-2-6-12-21(11-5-1)18-29-20-23(28-31-25-15-9-4-10-16-25)17-22-19-30(27-26(22)29)24-13-7-3-8-14-24/h1-5,7-16,19,23,28H,6,17-18,20H2. The van der Waals surface area contributed by atoms with E-state index < -0.39 is 0 Å². The normalized spacial score (nSPS) is 17.9. The van der Waals surface area contributed by atoms with Gasteiger partial charge in [-0.15, -0.1) is 5.10 Å². The molecular weight excluding hydrogens is 400 g/mol. The van der Waals surface area contributed by atoms with Crippen LogP contribution in [0.5, 0.6) is 0 Å². The molecule has 1 unspecified atom stereocenters. The molecule has 1 atom stereocenters. The highest BCUT2D eigenvalue weighted by molar-refractivity contribution is 7.97. The molecule has 0 saturated carbocycles. The van der Waals surface area contributed by atoms with Gasteiger partial charge in [0.05, 0.1) is 5.69 Å². The molecule has 5 heteroatoms. The molecule has 0 spiro atoms. The Kier molecular flexibility index (Phi) is 6.05. The summed E-state index contributed by atoms with van der Waals surface area (Å²) >= 11 is 1.71. The molecular formula is C26H26N4S. The summed E-state index contributed by atoms with van der Waals surface area (Å²) in [6.45, 7) is 1.79. The first-order valence-corrected chi connectivity index (χ1v) is 11.6. The van der Waals surface area contributed by atoms with Gasteiger partial charge in [-0.05, 0) is 54.6 Å². The minimum absolute atomic E-state index is 0.347. The third kappa shape index (κ3) is 4.84. The van der Waals surface area contributed by atoms with E-state index >= 15 is 0 Å². The number of nitrogens with one attached hydrogen (secondary N) is 1. The number of allylic oxidation sites excluding steroid dienone is 4. The van der Waals surface area contributed by atoms with Crippen LogP contribution in [-0.2, 0) is 6.42 Å². The Morgan fingerprint density at radius 1 is 1.00 bits per heavy atom. The summed E-state index contributed by atoms with van der Waals surface area (Å²) < 4.78 is 5.71. The Bertz CT molecular complexity index is 1100. The molecule has 0 radical (unpaired) electrons. The summed E-state index contributed by atoms with van der Waals surface area (Å²) in [4.78, 5) is 3.66. The monoisotopic (exact) mass is 426 g/mol. The molecule has 0 saturated heterocycles. The third-order valence-corrected chi connectivity index (χ3v) is 6.49. The van der Waals surface area contributed by atoms with Gasteiger partial charge in [0, 0.05) is 35.8 Å². The van der Waals surface area contributed by atoms with Gasteiger partial charge in [-0.1, -0.05) is 66.8 Å². The molecule has 1 aromatic heterocycles. The van der Waals surface area contributed by atoms with Crippen molar-refractivity contribution in [3.8, 4) is 5.69 Å². The quantitative estimate of drug-likeness (QED) is 0.539. The van der Waals surface area contributed by atoms with E-state index in [9.17, 15) is 0 Å². The van der Waals surface area contributed by atoms with Gasteiger partial charge in [0.15, 0.2) is 5.82 Å². The Hall–Kier alpha value is -3.02. The van der Waals surface area contributed by atoms with Crippen molar-refractivity contribution in [2.24, 2.45) is 0 Å². The largest absolute Gasteiger partial charge is 0.349 e. The Balaban J connectivity index is 1.40. The fourth-order valence-electron chi connectivity index (χ4n) is 4.03. The van der Waals surface area contributed by atoms with Crippen molar-refractivity contribution in [3.05, 3.63) is 108 Å². The van der Waals surface area contributed by atoms with Crippen molar-refractivity contribution < 1.29 is 0 Å². The zero-order valence-corrected chi connectivity index (χ0v) is 18.2. The molecule has 4 nitrogen and oxygen atoms in total. The molecule has 3 aromatic rings.